The van der Waals surface area contributed by atoms with Gasteiger partial charge in [-0.25, -0.2) is 4.39 Å². The highest BCUT2D eigenvalue weighted by Crippen LogP contribution is 2.31. The first kappa shape index (κ1) is 16.7. The Morgan fingerprint density at radius 3 is 2.68 bits per heavy atom. The molecule has 0 heterocycles. The molecule has 1 aliphatic rings. The van der Waals surface area contributed by atoms with Crippen molar-refractivity contribution in [3.8, 4) is 0 Å². The summed E-state index contributed by atoms with van der Waals surface area (Å²) < 4.78 is 13.8. The SMILES string of the molecule is CN(Cc1c(F)cccc1Cl)C(=O)C1CCCC(C(=O)O)C1. The van der Waals surface area contributed by atoms with Crippen molar-refractivity contribution in [3.05, 3.63) is 34.6 Å². The number of aliphatic carboxylic acids is 1. The van der Waals surface area contributed by atoms with Gasteiger partial charge in [-0.05, 0) is 31.4 Å². The molecule has 1 fully saturated rings. The molecular formula is C16H19ClFNO3. The van der Waals surface area contributed by atoms with Gasteiger partial charge in [-0.2, -0.15) is 0 Å². The van der Waals surface area contributed by atoms with Crippen LogP contribution in [-0.2, 0) is 16.1 Å². The zero-order valence-electron chi connectivity index (χ0n) is 12.4. The van der Waals surface area contributed by atoms with Gasteiger partial charge in [0.25, 0.3) is 0 Å². The van der Waals surface area contributed by atoms with E-state index in [0.717, 1.165) is 6.42 Å². The lowest BCUT2D eigenvalue weighted by Gasteiger charge is -2.29. The first-order valence-corrected chi connectivity index (χ1v) is 7.68. The number of halogens is 2. The summed E-state index contributed by atoms with van der Waals surface area (Å²) in [5.74, 6) is -2.22. The molecule has 1 saturated carbocycles. The van der Waals surface area contributed by atoms with Crippen molar-refractivity contribution in [2.75, 3.05) is 7.05 Å². The Kier molecular flexibility index (Phi) is 5.40. The molecule has 1 aromatic rings. The van der Waals surface area contributed by atoms with Gasteiger partial charge in [-0.15, -0.1) is 0 Å². The fraction of sp³-hybridized carbons (Fsp3) is 0.500. The average Bonchev–Trinajstić information content (AvgIpc) is 2.50. The molecule has 2 atom stereocenters. The topological polar surface area (TPSA) is 57.6 Å². The summed E-state index contributed by atoms with van der Waals surface area (Å²) in [6, 6.07) is 4.40. The molecule has 4 nitrogen and oxygen atoms in total. The van der Waals surface area contributed by atoms with Crippen LogP contribution < -0.4 is 0 Å². The number of carbonyl (C=O) groups is 2. The summed E-state index contributed by atoms with van der Waals surface area (Å²) in [4.78, 5) is 25.0. The van der Waals surface area contributed by atoms with Crippen molar-refractivity contribution < 1.29 is 19.1 Å². The maximum absolute atomic E-state index is 13.8. The Morgan fingerprint density at radius 2 is 2.05 bits per heavy atom. The summed E-state index contributed by atoms with van der Waals surface area (Å²) in [6.07, 6.45) is 2.37. The molecule has 2 rings (SSSR count). The van der Waals surface area contributed by atoms with Crippen LogP contribution in [0.15, 0.2) is 18.2 Å². The fourth-order valence-corrected chi connectivity index (χ4v) is 3.17. The van der Waals surface area contributed by atoms with Gasteiger partial charge in [0, 0.05) is 30.1 Å². The summed E-state index contributed by atoms with van der Waals surface area (Å²) in [6.45, 7) is 0.0819. The van der Waals surface area contributed by atoms with Crippen molar-refractivity contribution >= 4 is 23.5 Å². The van der Waals surface area contributed by atoms with E-state index in [1.807, 2.05) is 0 Å². The molecule has 0 radical (unpaired) electrons. The van der Waals surface area contributed by atoms with E-state index in [0.29, 0.717) is 19.3 Å². The maximum atomic E-state index is 13.8. The third-order valence-corrected chi connectivity index (χ3v) is 4.56. The second-order valence-electron chi connectivity index (χ2n) is 5.79. The average molecular weight is 328 g/mol. The molecule has 1 amide bonds. The number of amides is 1. The van der Waals surface area contributed by atoms with Gasteiger partial charge in [0.05, 0.1) is 5.92 Å². The molecule has 1 N–H and O–H groups in total. The lowest BCUT2D eigenvalue weighted by Crippen LogP contribution is -2.36. The van der Waals surface area contributed by atoms with Gasteiger partial charge in [0.15, 0.2) is 0 Å². The zero-order chi connectivity index (χ0) is 16.3. The number of carboxylic acid groups (broad SMARTS) is 1. The van der Waals surface area contributed by atoms with Crippen LogP contribution in [0, 0.1) is 17.7 Å². The van der Waals surface area contributed by atoms with E-state index in [1.165, 1.54) is 17.0 Å². The lowest BCUT2D eigenvalue weighted by molar-refractivity contribution is -0.145. The van der Waals surface area contributed by atoms with Crippen molar-refractivity contribution in [2.24, 2.45) is 11.8 Å². The third kappa shape index (κ3) is 3.77. The van der Waals surface area contributed by atoms with E-state index in [-0.39, 0.29) is 29.0 Å². The maximum Gasteiger partial charge on any atom is 0.306 e. The normalized spacial score (nSPS) is 21.4. The number of carbonyl (C=O) groups excluding carboxylic acids is 1. The quantitative estimate of drug-likeness (QED) is 0.922. The molecule has 120 valence electrons. The summed E-state index contributed by atoms with van der Waals surface area (Å²) >= 11 is 5.97. The van der Waals surface area contributed by atoms with Crippen molar-refractivity contribution in [2.45, 2.75) is 32.2 Å². The summed E-state index contributed by atoms with van der Waals surface area (Å²) in [5.41, 5.74) is 0.283. The van der Waals surface area contributed by atoms with E-state index >= 15 is 0 Å². The van der Waals surface area contributed by atoms with Gasteiger partial charge in [-0.1, -0.05) is 24.1 Å². The van der Waals surface area contributed by atoms with Crippen LogP contribution >= 0.6 is 11.6 Å². The van der Waals surface area contributed by atoms with Crippen LogP contribution in [0.2, 0.25) is 5.02 Å². The first-order chi connectivity index (χ1) is 10.4. The smallest absolute Gasteiger partial charge is 0.306 e. The number of rotatable bonds is 4. The molecule has 1 aromatic carbocycles. The Bertz CT molecular complexity index is 558. The lowest BCUT2D eigenvalue weighted by atomic mass is 9.81. The molecule has 0 spiro atoms. The number of benzene rings is 1. The van der Waals surface area contributed by atoms with E-state index in [1.54, 1.807) is 13.1 Å². The second kappa shape index (κ2) is 7.09. The van der Waals surface area contributed by atoms with E-state index < -0.39 is 17.7 Å². The van der Waals surface area contributed by atoms with Crippen molar-refractivity contribution in [1.82, 2.24) is 4.90 Å². The largest absolute Gasteiger partial charge is 0.481 e. The number of hydrogen-bond acceptors (Lipinski definition) is 2. The molecule has 6 heteroatoms. The number of carboxylic acids is 1. The van der Waals surface area contributed by atoms with Gasteiger partial charge >= 0.3 is 5.97 Å². The Labute approximate surface area is 133 Å². The Hall–Kier alpha value is -1.62. The van der Waals surface area contributed by atoms with Crippen LogP contribution in [0.3, 0.4) is 0 Å². The minimum Gasteiger partial charge on any atom is -0.481 e. The van der Waals surface area contributed by atoms with Gasteiger partial charge in [0.2, 0.25) is 5.91 Å². The summed E-state index contributed by atoms with van der Waals surface area (Å²) in [5, 5.41) is 9.38. The molecule has 0 aromatic heterocycles. The summed E-state index contributed by atoms with van der Waals surface area (Å²) in [7, 11) is 1.59. The van der Waals surface area contributed by atoms with Gasteiger partial charge in [-0.3, -0.25) is 9.59 Å². The fourth-order valence-electron chi connectivity index (χ4n) is 2.95. The van der Waals surface area contributed by atoms with Crippen LogP contribution in [0.5, 0.6) is 0 Å². The number of hydrogen-bond donors (Lipinski definition) is 1. The predicted octanol–water partition coefficient (Wildman–Crippen LogP) is 3.33. The third-order valence-electron chi connectivity index (χ3n) is 4.21. The van der Waals surface area contributed by atoms with Crippen molar-refractivity contribution in [1.29, 1.82) is 0 Å². The minimum atomic E-state index is -0.850. The zero-order valence-corrected chi connectivity index (χ0v) is 13.1. The standard InChI is InChI=1S/C16H19ClFNO3/c1-19(9-12-13(17)6-3-7-14(12)18)15(20)10-4-2-5-11(8-10)16(21)22/h3,6-7,10-11H,2,4-5,8-9H2,1H3,(H,21,22). The van der Waals surface area contributed by atoms with Crippen LogP contribution in [0.25, 0.3) is 0 Å². The Balaban J connectivity index is 2.04. The van der Waals surface area contributed by atoms with E-state index in [4.69, 9.17) is 16.7 Å². The highest BCUT2D eigenvalue weighted by Gasteiger charge is 2.32. The molecule has 0 aliphatic heterocycles. The highest BCUT2D eigenvalue weighted by atomic mass is 35.5. The van der Waals surface area contributed by atoms with E-state index in [2.05, 4.69) is 0 Å². The minimum absolute atomic E-state index is 0.0819. The monoisotopic (exact) mass is 327 g/mol. The second-order valence-corrected chi connectivity index (χ2v) is 6.20. The van der Waals surface area contributed by atoms with Crippen LogP contribution in [0.4, 0.5) is 4.39 Å². The van der Waals surface area contributed by atoms with Gasteiger partial charge in [0.1, 0.15) is 5.82 Å². The highest BCUT2D eigenvalue weighted by molar-refractivity contribution is 6.31. The van der Waals surface area contributed by atoms with Crippen LogP contribution in [-0.4, -0.2) is 28.9 Å². The molecule has 0 saturated heterocycles. The van der Waals surface area contributed by atoms with Crippen molar-refractivity contribution in [3.63, 3.8) is 0 Å². The first-order valence-electron chi connectivity index (χ1n) is 7.30. The predicted molar refractivity (Wildman–Crippen MR) is 81.0 cm³/mol. The number of nitrogens with zero attached hydrogens (tertiary/aromatic N) is 1. The van der Waals surface area contributed by atoms with Crippen LogP contribution in [0.1, 0.15) is 31.2 Å². The molecule has 1 aliphatic carbocycles. The Morgan fingerprint density at radius 1 is 1.36 bits per heavy atom. The molecular weight excluding hydrogens is 309 g/mol. The van der Waals surface area contributed by atoms with E-state index in [9.17, 15) is 14.0 Å². The molecule has 22 heavy (non-hydrogen) atoms. The molecule has 0 bridgehead atoms. The van der Waals surface area contributed by atoms with Gasteiger partial charge < -0.3 is 10.0 Å². The molecule has 2 unspecified atom stereocenters.